The number of pyridine rings is 1. The van der Waals surface area contributed by atoms with E-state index >= 15 is 0 Å². The van der Waals surface area contributed by atoms with Crippen LogP contribution < -0.4 is 4.57 Å². The molecular weight excluding hydrogens is 290 g/mol. The standard InChI is InChI=1S/C23H26N/c1-3-19(4-2)20-15-17-24(18-16-20)23(21-11-7-5-8-12-21)22-13-9-6-10-14-22/h5-19,23H,3-4H2,1-2H3/q+1. The van der Waals surface area contributed by atoms with Gasteiger partial charge in [0.2, 0.25) is 6.04 Å². The molecule has 3 rings (SSSR count). The van der Waals surface area contributed by atoms with Gasteiger partial charge < -0.3 is 0 Å². The molecule has 0 fully saturated rings. The number of rotatable bonds is 6. The van der Waals surface area contributed by atoms with Crippen LogP contribution in [-0.4, -0.2) is 0 Å². The molecule has 0 amide bonds. The van der Waals surface area contributed by atoms with E-state index in [-0.39, 0.29) is 6.04 Å². The maximum atomic E-state index is 2.32. The summed E-state index contributed by atoms with van der Waals surface area (Å²) in [6.45, 7) is 4.54. The molecule has 0 bridgehead atoms. The van der Waals surface area contributed by atoms with Gasteiger partial charge >= 0.3 is 0 Å². The average Bonchev–Trinajstić information content (AvgIpc) is 2.66. The van der Waals surface area contributed by atoms with Gasteiger partial charge in [-0.25, -0.2) is 0 Å². The lowest BCUT2D eigenvalue weighted by Crippen LogP contribution is -2.40. The van der Waals surface area contributed by atoms with E-state index < -0.39 is 0 Å². The monoisotopic (exact) mass is 316 g/mol. The molecule has 0 atom stereocenters. The molecule has 0 saturated heterocycles. The van der Waals surface area contributed by atoms with Crippen LogP contribution in [0.2, 0.25) is 0 Å². The van der Waals surface area contributed by atoms with Crippen molar-refractivity contribution in [3.63, 3.8) is 0 Å². The fourth-order valence-electron chi connectivity index (χ4n) is 3.46. The second-order valence-electron chi connectivity index (χ2n) is 6.32. The van der Waals surface area contributed by atoms with Crippen LogP contribution in [0.15, 0.2) is 85.2 Å². The van der Waals surface area contributed by atoms with E-state index in [1.165, 1.54) is 29.5 Å². The average molecular weight is 316 g/mol. The van der Waals surface area contributed by atoms with E-state index in [0.29, 0.717) is 5.92 Å². The Morgan fingerprint density at radius 2 is 1.08 bits per heavy atom. The zero-order valence-electron chi connectivity index (χ0n) is 14.6. The third kappa shape index (κ3) is 3.56. The van der Waals surface area contributed by atoms with Crippen LogP contribution in [0.1, 0.15) is 55.3 Å². The Kier molecular flexibility index (Phi) is 5.43. The molecule has 0 spiro atoms. The van der Waals surface area contributed by atoms with Gasteiger partial charge in [0.05, 0.1) is 0 Å². The third-order valence-corrected chi connectivity index (χ3v) is 4.86. The molecule has 24 heavy (non-hydrogen) atoms. The topological polar surface area (TPSA) is 3.88 Å². The molecule has 0 unspecified atom stereocenters. The molecule has 0 aliphatic carbocycles. The summed E-state index contributed by atoms with van der Waals surface area (Å²) in [5, 5.41) is 0. The van der Waals surface area contributed by atoms with Crippen LogP contribution in [-0.2, 0) is 0 Å². The molecular formula is C23H26N+. The SMILES string of the molecule is CCC(CC)c1cc[n+](C(c2ccccc2)c2ccccc2)cc1. The van der Waals surface area contributed by atoms with Gasteiger partial charge in [0, 0.05) is 23.3 Å². The second kappa shape index (κ2) is 7.92. The van der Waals surface area contributed by atoms with E-state index in [9.17, 15) is 0 Å². The van der Waals surface area contributed by atoms with Gasteiger partial charge in [-0.3, -0.25) is 0 Å². The predicted molar refractivity (Wildman–Crippen MR) is 100 cm³/mol. The molecule has 1 heteroatoms. The Hall–Kier alpha value is -2.41. The highest BCUT2D eigenvalue weighted by Gasteiger charge is 2.23. The Balaban J connectivity index is 2.00. The first-order valence-electron chi connectivity index (χ1n) is 8.94. The zero-order chi connectivity index (χ0) is 16.8. The van der Waals surface area contributed by atoms with E-state index in [0.717, 1.165) is 0 Å². The number of nitrogens with zero attached hydrogens (tertiary/aromatic N) is 1. The van der Waals surface area contributed by atoms with Crippen molar-refractivity contribution >= 4 is 0 Å². The van der Waals surface area contributed by atoms with E-state index in [2.05, 4.69) is 104 Å². The fraction of sp³-hybridized carbons (Fsp3) is 0.261. The fourth-order valence-corrected chi connectivity index (χ4v) is 3.46. The maximum absolute atomic E-state index is 2.32. The van der Waals surface area contributed by atoms with E-state index in [1.807, 2.05) is 0 Å². The van der Waals surface area contributed by atoms with Gasteiger partial charge in [-0.15, -0.1) is 0 Å². The Labute approximate surface area is 145 Å². The summed E-state index contributed by atoms with van der Waals surface area (Å²) in [7, 11) is 0. The first-order valence-corrected chi connectivity index (χ1v) is 8.94. The lowest BCUT2D eigenvalue weighted by Gasteiger charge is -2.15. The molecule has 122 valence electrons. The highest BCUT2D eigenvalue weighted by atomic mass is 15.0. The first kappa shape index (κ1) is 16.4. The van der Waals surface area contributed by atoms with E-state index in [1.54, 1.807) is 0 Å². The van der Waals surface area contributed by atoms with Crippen LogP contribution in [0.25, 0.3) is 0 Å². The van der Waals surface area contributed by atoms with Crippen LogP contribution in [0.3, 0.4) is 0 Å². The first-order chi connectivity index (χ1) is 11.8. The van der Waals surface area contributed by atoms with Gasteiger partial charge in [0.1, 0.15) is 0 Å². The van der Waals surface area contributed by atoms with Crippen molar-refractivity contribution in [2.24, 2.45) is 0 Å². The van der Waals surface area contributed by atoms with E-state index in [4.69, 9.17) is 0 Å². The molecule has 1 nitrogen and oxygen atoms in total. The third-order valence-electron chi connectivity index (χ3n) is 4.86. The number of hydrogen-bond donors (Lipinski definition) is 0. The van der Waals surface area contributed by atoms with Crippen LogP contribution in [0.5, 0.6) is 0 Å². The maximum Gasteiger partial charge on any atom is 0.208 e. The molecule has 0 aliphatic rings. The highest BCUT2D eigenvalue weighted by Crippen LogP contribution is 2.24. The van der Waals surface area contributed by atoms with Gasteiger partial charge in [0.25, 0.3) is 0 Å². The van der Waals surface area contributed by atoms with Gasteiger partial charge in [-0.2, -0.15) is 4.57 Å². The molecule has 2 aromatic carbocycles. The minimum atomic E-state index is 0.211. The summed E-state index contributed by atoms with van der Waals surface area (Å²) in [5.41, 5.74) is 4.06. The Morgan fingerprint density at radius 3 is 1.50 bits per heavy atom. The number of benzene rings is 2. The van der Waals surface area contributed by atoms with Crippen molar-refractivity contribution in [3.8, 4) is 0 Å². The minimum absolute atomic E-state index is 0.211. The lowest BCUT2D eigenvalue weighted by atomic mass is 9.94. The summed E-state index contributed by atoms with van der Waals surface area (Å²) in [5.74, 6) is 0.659. The van der Waals surface area contributed by atoms with Crippen molar-refractivity contribution in [3.05, 3.63) is 102 Å². The van der Waals surface area contributed by atoms with Crippen molar-refractivity contribution in [1.82, 2.24) is 0 Å². The van der Waals surface area contributed by atoms with Crippen molar-refractivity contribution in [1.29, 1.82) is 0 Å². The molecule has 1 aromatic heterocycles. The quantitative estimate of drug-likeness (QED) is 0.528. The Bertz CT molecular complexity index is 689. The summed E-state index contributed by atoms with van der Waals surface area (Å²) < 4.78 is 2.32. The summed E-state index contributed by atoms with van der Waals surface area (Å²) >= 11 is 0. The predicted octanol–water partition coefficient (Wildman–Crippen LogP) is 5.52. The molecule has 0 N–H and O–H groups in total. The summed E-state index contributed by atoms with van der Waals surface area (Å²) in [6.07, 6.45) is 6.86. The molecule has 3 aromatic rings. The highest BCUT2D eigenvalue weighted by molar-refractivity contribution is 5.29. The number of hydrogen-bond acceptors (Lipinski definition) is 0. The van der Waals surface area contributed by atoms with Gasteiger partial charge in [-0.05, 0) is 24.3 Å². The Morgan fingerprint density at radius 1 is 0.625 bits per heavy atom. The minimum Gasteiger partial charge on any atom is -0.194 e. The van der Waals surface area contributed by atoms with Crippen molar-refractivity contribution < 1.29 is 4.57 Å². The normalized spacial score (nSPS) is 11.2. The smallest absolute Gasteiger partial charge is 0.194 e. The summed E-state index contributed by atoms with van der Waals surface area (Å²) in [4.78, 5) is 0. The van der Waals surface area contributed by atoms with Crippen LogP contribution in [0.4, 0.5) is 0 Å². The van der Waals surface area contributed by atoms with Crippen LogP contribution >= 0.6 is 0 Å². The van der Waals surface area contributed by atoms with Gasteiger partial charge in [-0.1, -0.05) is 74.5 Å². The largest absolute Gasteiger partial charge is 0.208 e. The molecule has 0 saturated carbocycles. The molecule has 1 heterocycles. The van der Waals surface area contributed by atoms with Crippen molar-refractivity contribution in [2.75, 3.05) is 0 Å². The van der Waals surface area contributed by atoms with Crippen molar-refractivity contribution in [2.45, 2.75) is 38.6 Å². The number of aromatic nitrogens is 1. The van der Waals surface area contributed by atoms with Gasteiger partial charge in [0.15, 0.2) is 12.4 Å². The summed E-state index contributed by atoms with van der Waals surface area (Å²) in [6, 6.07) is 26.2. The molecule has 0 aliphatic heterocycles. The molecule has 0 radical (unpaired) electrons. The second-order valence-corrected chi connectivity index (χ2v) is 6.32. The lowest BCUT2D eigenvalue weighted by molar-refractivity contribution is -0.704. The zero-order valence-corrected chi connectivity index (χ0v) is 14.6. The van der Waals surface area contributed by atoms with Crippen LogP contribution in [0, 0.1) is 0 Å².